The third kappa shape index (κ3) is 4.32. The molecule has 2 atom stereocenters. The first kappa shape index (κ1) is 20.3. The Hall–Kier alpha value is -1.95. The van der Waals surface area contributed by atoms with Crippen molar-refractivity contribution in [2.24, 2.45) is 5.92 Å². The van der Waals surface area contributed by atoms with Gasteiger partial charge in [0.25, 0.3) is 0 Å². The lowest BCUT2D eigenvalue weighted by Crippen LogP contribution is -2.41. The normalized spacial score (nSPS) is 22.1. The Morgan fingerprint density at radius 1 is 1.10 bits per heavy atom. The molecule has 0 bridgehead atoms. The van der Waals surface area contributed by atoms with Crippen molar-refractivity contribution in [1.29, 1.82) is 0 Å². The molecule has 1 heterocycles. The number of likely N-dealkylation sites (N-methyl/N-ethyl adjacent to an activating group) is 1. The van der Waals surface area contributed by atoms with E-state index in [0.29, 0.717) is 5.02 Å². The van der Waals surface area contributed by atoms with E-state index in [-0.39, 0.29) is 17.1 Å². The van der Waals surface area contributed by atoms with Gasteiger partial charge in [-0.3, -0.25) is 9.79 Å². The Morgan fingerprint density at radius 3 is 2.52 bits per heavy atom. The molecule has 0 fully saturated rings. The average molecular weight is 448 g/mol. The van der Waals surface area contributed by atoms with Crippen LogP contribution in [0.25, 0.3) is 5.57 Å². The van der Waals surface area contributed by atoms with Crippen LogP contribution in [0, 0.1) is 5.92 Å². The Balaban J connectivity index is 1.92. The van der Waals surface area contributed by atoms with Crippen LogP contribution in [-0.2, 0) is 9.09 Å². The summed E-state index contributed by atoms with van der Waals surface area (Å²) < 4.78 is 17.1. The minimum Gasteiger partial charge on any atom is -0.397 e. The molecule has 0 radical (unpaired) electrons. The lowest BCUT2D eigenvalue weighted by atomic mass is 9.79. The zero-order valence-electron chi connectivity index (χ0n) is 15.5. The number of hydrogen-bond acceptors (Lipinski definition) is 4. The van der Waals surface area contributed by atoms with Crippen molar-refractivity contribution in [3.63, 3.8) is 0 Å². The molecule has 0 saturated heterocycles. The molecule has 1 aliphatic carbocycles. The molecular formula is C21H19ClNO4PS. The van der Waals surface area contributed by atoms with Gasteiger partial charge in [-0.1, -0.05) is 65.9 Å². The van der Waals surface area contributed by atoms with Crippen LogP contribution in [-0.4, -0.2) is 22.9 Å². The predicted octanol–water partition coefficient (Wildman–Crippen LogP) is 5.47. The summed E-state index contributed by atoms with van der Waals surface area (Å²) in [5.41, 5.74) is 2.63. The number of halogens is 1. The van der Waals surface area contributed by atoms with Gasteiger partial charge in [0.2, 0.25) is 0 Å². The number of para-hydroxylation sites is 1. The lowest BCUT2D eigenvalue weighted by molar-refractivity contribution is 0.254. The summed E-state index contributed by atoms with van der Waals surface area (Å²) >= 11 is 7.16. The number of nitrogens with zero attached hydrogens (tertiary/aromatic N) is 1. The number of thioether (sulfide) groups is 1. The first-order valence-corrected chi connectivity index (χ1v) is 11.7. The van der Waals surface area contributed by atoms with Crippen LogP contribution in [0.1, 0.15) is 5.56 Å². The third-order valence-electron chi connectivity index (χ3n) is 4.91. The highest BCUT2D eigenvalue weighted by Crippen LogP contribution is 2.52. The highest BCUT2D eigenvalue weighted by molar-refractivity contribution is 8.03. The van der Waals surface area contributed by atoms with Crippen molar-refractivity contribution in [3.8, 4) is 0 Å². The lowest BCUT2D eigenvalue weighted by Gasteiger charge is -2.42. The quantitative estimate of drug-likeness (QED) is 0.368. The van der Waals surface area contributed by atoms with Gasteiger partial charge in [0.15, 0.2) is 5.09 Å². The molecule has 0 amide bonds. The van der Waals surface area contributed by atoms with Crippen molar-refractivity contribution in [2.45, 2.75) is 10.9 Å². The SMILES string of the molecule is CN1c2ccccc2/C(=C(\OP(=O)(O)O)Sc2ccc(Cl)cc2)C2C=CC=CC21. The van der Waals surface area contributed by atoms with Crippen LogP contribution in [0.5, 0.6) is 0 Å². The molecule has 5 nitrogen and oxygen atoms in total. The van der Waals surface area contributed by atoms with Crippen molar-refractivity contribution < 1.29 is 18.9 Å². The molecule has 2 aliphatic rings. The second-order valence-electron chi connectivity index (χ2n) is 6.75. The minimum absolute atomic E-state index is 0.0195. The number of allylic oxidation sites excluding steroid dienone is 2. The van der Waals surface area contributed by atoms with Gasteiger partial charge in [0.1, 0.15) is 0 Å². The first-order valence-electron chi connectivity index (χ1n) is 8.93. The monoisotopic (exact) mass is 447 g/mol. The average Bonchev–Trinajstić information content (AvgIpc) is 2.69. The Labute approximate surface area is 178 Å². The number of phosphoric ester groups is 1. The number of anilines is 1. The van der Waals surface area contributed by atoms with Crippen LogP contribution < -0.4 is 4.90 Å². The van der Waals surface area contributed by atoms with Gasteiger partial charge in [0, 0.05) is 39.7 Å². The van der Waals surface area contributed by atoms with E-state index in [1.54, 1.807) is 24.3 Å². The standard InChI is InChI=1S/C21H19ClNO4PS/c1-23-18-8-4-2-6-16(18)20(17-7-3-5-9-19(17)23)21(27-28(24,25)26)29-15-12-10-14(22)11-13-15/h2-13,16,18H,1H3,(H2,24,25,26)/b21-20+. The summed E-state index contributed by atoms with van der Waals surface area (Å²) in [4.78, 5) is 22.2. The summed E-state index contributed by atoms with van der Waals surface area (Å²) in [5, 5.41) is 0.778. The highest BCUT2D eigenvalue weighted by Gasteiger charge is 2.37. The Morgan fingerprint density at radius 2 is 1.79 bits per heavy atom. The molecule has 29 heavy (non-hydrogen) atoms. The van der Waals surface area contributed by atoms with E-state index < -0.39 is 7.82 Å². The third-order valence-corrected chi connectivity index (χ3v) is 6.70. The van der Waals surface area contributed by atoms with Crippen molar-refractivity contribution in [3.05, 3.63) is 88.5 Å². The van der Waals surface area contributed by atoms with Gasteiger partial charge in [0.05, 0.1) is 6.04 Å². The van der Waals surface area contributed by atoms with Crippen LogP contribution in [0.2, 0.25) is 5.02 Å². The van der Waals surface area contributed by atoms with Crippen molar-refractivity contribution >= 4 is 42.4 Å². The van der Waals surface area contributed by atoms with E-state index >= 15 is 0 Å². The molecule has 0 saturated carbocycles. The van der Waals surface area contributed by atoms with Crippen molar-refractivity contribution in [2.75, 3.05) is 11.9 Å². The van der Waals surface area contributed by atoms with Crippen LogP contribution in [0.15, 0.2) is 82.8 Å². The largest absolute Gasteiger partial charge is 0.525 e. The topological polar surface area (TPSA) is 70.0 Å². The van der Waals surface area contributed by atoms with E-state index in [4.69, 9.17) is 16.1 Å². The van der Waals surface area contributed by atoms with Gasteiger partial charge in [-0.2, -0.15) is 0 Å². The summed E-state index contributed by atoms with van der Waals surface area (Å²) in [6, 6.07) is 14.9. The number of hydrogen-bond donors (Lipinski definition) is 2. The molecule has 0 spiro atoms. The molecule has 8 heteroatoms. The zero-order chi connectivity index (χ0) is 20.6. The van der Waals surface area contributed by atoms with E-state index in [0.717, 1.165) is 21.7 Å². The molecule has 2 N–H and O–H groups in total. The van der Waals surface area contributed by atoms with E-state index in [1.165, 1.54) is 11.8 Å². The minimum atomic E-state index is -4.77. The van der Waals surface area contributed by atoms with Crippen LogP contribution >= 0.6 is 31.2 Å². The summed E-state index contributed by atoms with van der Waals surface area (Å²) in [6.07, 6.45) is 8.06. The Kier molecular flexibility index (Phi) is 5.65. The summed E-state index contributed by atoms with van der Waals surface area (Å²) in [7, 11) is -2.75. The molecule has 1 aliphatic heterocycles. The number of phosphoric acid groups is 1. The first-order chi connectivity index (χ1) is 13.8. The van der Waals surface area contributed by atoms with Gasteiger partial charge in [-0.05, 0) is 30.3 Å². The molecule has 2 aromatic carbocycles. The molecule has 0 aromatic heterocycles. The summed E-state index contributed by atoms with van der Waals surface area (Å²) in [5.74, 6) is -0.110. The predicted molar refractivity (Wildman–Crippen MR) is 118 cm³/mol. The van der Waals surface area contributed by atoms with Gasteiger partial charge in [-0.25, -0.2) is 4.57 Å². The van der Waals surface area contributed by atoms with Crippen LogP contribution in [0.4, 0.5) is 5.69 Å². The maximum Gasteiger partial charge on any atom is 0.525 e. The molecule has 150 valence electrons. The molecule has 4 rings (SSSR count). The van der Waals surface area contributed by atoms with Gasteiger partial charge in [-0.15, -0.1) is 0 Å². The number of fused-ring (bicyclic) bond motifs is 2. The fraction of sp³-hybridized carbons (Fsp3) is 0.143. The zero-order valence-corrected chi connectivity index (χ0v) is 17.9. The van der Waals surface area contributed by atoms with Gasteiger partial charge < -0.3 is 9.42 Å². The fourth-order valence-electron chi connectivity index (χ4n) is 3.67. The Bertz CT molecular complexity index is 1060. The smallest absolute Gasteiger partial charge is 0.397 e. The second-order valence-corrected chi connectivity index (χ2v) is 9.40. The van der Waals surface area contributed by atoms with Crippen molar-refractivity contribution in [1.82, 2.24) is 0 Å². The van der Waals surface area contributed by atoms with Crippen LogP contribution in [0.3, 0.4) is 0 Å². The van der Waals surface area contributed by atoms with E-state index in [2.05, 4.69) is 11.0 Å². The molecular weight excluding hydrogens is 429 g/mol. The molecule has 2 unspecified atom stereocenters. The number of rotatable bonds is 4. The number of benzene rings is 2. The van der Waals surface area contributed by atoms with E-state index in [1.807, 2.05) is 49.5 Å². The highest BCUT2D eigenvalue weighted by atomic mass is 35.5. The summed E-state index contributed by atoms with van der Waals surface area (Å²) in [6.45, 7) is 0. The maximum absolute atomic E-state index is 11.8. The second kappa shape index (κ2) is 8.05. The van der Waals surface area contributed by atoms with Gasteiger partial charge >= 0.3 is 7.82 Å². The van der Waals surface area contributed by atoms with E-state index in [9.17, 15) is 14.4 Å². The molecule has 2 aromatic rings. The maximum atomic E-state index is 11.8. The fourth-order valence-corrected chi connectivity index (χ4v) is 5.39.